The Kier molecular flexibility index (Phi) is 5.02. The van der Waals surface area contributed by atoms with Crippen LogP contribution in [0.1, 0.15) is 25.7 Å². The van der Waals surface area contributed by atoms with Gasteiger partial charge in [0.2, 0.25) is 0 Å². The Morgan fingerprint density at radius 3 is 2.38 bits per heavy atom. The number of carbonyl (C=O) groups is 2. The molecule has 0 N–H and O–H groups in total. The number of ether oxygens (including phenoxy) is 2. The molecule has 0 unspecified atom stereocenters. The number of allylic oxidation sites excluding steroid dienone is 2. The van der Waals surface area contributed by atoms with E-state index in [2.05, 4.69) is 9.47 Å². The summed E-state index contributed by atoms with van der Waals surface area (Å²) in [5.74, 6) is -1.93. The number of rotatable bonds is 3. The van der Waals surface area contributed by atoms with Crippen molar-refractivity contribution in [2.75, 3.05) is 14.2 Å². The topological polar surface area (TPSA) is 52.6 Å². The lowest BCUT2D eigenvalue weighted by molar-refractivity contribution is -0.160. The molecule has 1 aliphatic carbocycles. The Morgan fingerprint density at radius 2 is 1.81 bits per heavy atom. The zero-order valence-corrected chi connectivity index (χ0v) is 9.77. The Balaban J connectivity index is 2.81. The van der Waals surface area contributed by atoms with Crippen LogP contribution in [0.2, 0.25) is 0 Å². The number of hydrogen-bond acceptors (Lipinski definition) is 4. The minimum absolute atomic E-state index is 0.0950. The molecule has 1 rings (SSSR count). The largest absolute Gasteiger partial charge is 0.468 e. The van der Waals surface area contributed by atoms with Gasteiger partial charge >= 0.3 is 11.9 Å². The maximum absolute atomic E-state index is 11.6. The van der Waals surface area contributed by atoms with E-state index in [1.807, 2.05) is 12.2 Å². The fraction of sp³-hybridized carbons (Fsp3) is 0.667. The van der Waals surface area contributed by atoms with Crippen LogP contribution < -0.4 is 0 Å². The van der Waals surface area contributed by atoms with E-state index in [9.17, 15) is 9.59 Å². The highest BCUT2D eigenvalue weighted by atomic mass is 16.5. The fourth-order valence-electron chi connectivity index (χ4n) is 1.99. The molecule has 0 saturated heterocycles. The molecule has 0 bridgehead atoms. The summed E-state index contributed by atoms with van der Waals surface area (Å²) in [6.45, 7) is 0. The van der Waals surface area contributed by atoms with Crippen molar-refractivity contribution >= 4 is 11.9 Å². The summed E-state index contributed by atoms with van der Waals surface area (Å²) < 4.78 is 9.31. The van der Waals surface area contributed by atoms with Gasteiger partial charge in [0.25, 0.3) is 0 Å². The Bertz CT molecular complexity index is 267. The molecule has 1 atom stereocenters. The standard InChI is InChI=1S/C12H18O4/c1-15-11(13)10(12(14)16-2)9-7-5-3-4-6-8-9/h5,7,9-10H,3-4,6,8H2,1-2H3/t9-/m1/s1. The van der Waals surface area contributed by atoms with Crippen LogP contribution in [0.3, 0.4) is 0 Å². The summed E-state index contributed by atoms with van der Waals surface area (Å²) in [6.07, 6.45) is 7.91. The monoisotopic (exact) mass is 226 g/mol. The number of carbonyl (C=O) groups excluding carboxylic acids is 2. The highest BCUT2D eigenvalue weighted by Crippen LogP contribution is 2.26. The third kappa shape index (κ3) is 3.08. The van der Waals surface area contributed by atoms with Gasteiger partial charge in [-0.25, -0.2) is 0 Å². The molecule has 90 valence electrons. The van der Waals surface area contributed by atoms with Gasteiger partial charge in [0.1, 0.15) is 0 Å². The van der Waals surface area contributed by atoms with Crippen molar-refractivity contribution in [1.29, 1.82) is 0 Å². The maximum Gasteiger partial charge on any atom is 0.320 e. The lowest BCUT2D eigenvalue weighted by Crippen LogP contribution is -2.32. The zero-order chi connectivity index (χ0) is 12.0. The molecular formula is C12H18O4. The van der Waals surface area contributed by atoms with Gasteiger partial charge in [0, 0.05) is 5.92 Å². The van der Waals surface area contributed by atoms with Crippen LogP contribution in [-0.4, -0.2) is 26.2 Å². The molecule has 0 aromatic heterocycles. The highest BCUT2D eigenvalue weighted by Gasteiger charge is 2.35. The minimum atomic E-state index is -0.815. The van der Waals surface area contributed by atoms with Crippen LogP contribution in [0.4, 0.5) is 0 Å². The quantitative estimate of drug-likeness (QED) is 0.417. The molecule has 4 heteroatoms. The molecule has 0 fully saturated rings. The summed E-state index contributed by atoms with van der Waals surface area (Å²) in [4.78, 5) is 23.1. The predicted octanol–water partition coefficient (Wildman–Crippen LogP) is 1.69. The van der Waals surface area contributed by atoms with Crippen LogP contribution in [0, 0.1) is 11.8 Å². The zero-order valence-electron chi connectivity index (χ0n) is 9.77. The van der Waals surface area contributed by atoms with Gasteiger partial charge in [-0.2, -0.15) is 0 Å². The van der Waals surface area contributed by atoms with E-state index >= 15 is 0 Å². The van der Waals surface area contributed by atoms with E-state index in [0.29, 0.717) is 0 Å². The third-order valence-electron chi connectivity index (χ3n) is 2.88. The summed E-state index contributed by atoms with van der Waals surface area (Å²) in [5.41, 5.74) is 0. The van der Waals surface area contributed by atoms with Gasteiger partial charge in [0.15, 0.2) is 5.92 Å². The minimum Gasteiger partial charge on any atom is -0.468 e. The van der Waals surface area contributed by atoms with Crippen LogP contribution in [0.5, 0.6) is 0 Å². The van der Waals surface area contributed by atoms with Gasteiger partial charge in [-0.05, 0) is 19.3 Å². The van der Waals surface area contributed by atoms with E-state index in [4.69, 9.17) is 0 Å². The molecule has 4 nitrogen and oxygen atoms in total. The summed E-state index contributed by atoms with van der Waals surface area (Å²) in [5, 5.41) is 0. The molecule has 0 aromatic carbocycles. The van der Waals surface area contributed by atoms with Crippen LogP contribution in [-0.2, 0) is 19.1 Å². The van der Waals surface area contributed by atoms with E-state index in [1.54, 1.807) is 0 Å². The second-order valence-corrected chi connectivity index (χ2v) is 3.90. The molecule has 0 aromatic rings. The van der Waals surface area contributed by atoms with E-state index in [0.717, 1.165) is 25.7 Å². The molecular weight excluding hydrogens is 208 g/mol. The molecule has 1 aliphatic rings. The number of hydrogen-bond donors (Lipinski definition) is 0. The molecule has 0 aliphatic heterocycles. The first kappa shape index (κ1) is 12.7. The third-order valence-corrected chi connectivity index (χ3v) is 2.88. The van der Waals surface area contributed by atoms with Crippen molar-refractivity contribution in [3.63, 3.8) is 0 Å². The van der Waals surface area contributed by atoms with Crippen molar-refractivity contribution in [3.8, 4) is 0 Å². The SMILES string of the molecule is COC(=O)C(C(=O)OC)[C@@H]1C=CCCCC1. The molecule has 0 heterocycles. The highest BCUT2D eigenvalue weighted by molar-refractivity contribution is 5.95. The van der Waals surface area contributed by atoms with Gasteiger partial charge in [-0.3, -0.25) is 9.59 Å². The van der Waals surface area contributed by atoms with Crippen LogP contribution in [0.15, 0.2) is 12.2 Å². The second kappa shape index (κ2) is 6.30. The first-order valence-electron chi connectivity index (χ1n) is 5.53. The second-order valence-electron chi connectivity index (χ2n) is 3.90. The van der Waals surface area contributed by atoms with Gasteiger partial charge in [-0.1, -0.05) is 18.6 Å². The van der Waals surface area contributed by atoms with Crippen molar-refractivity contribution in [3.05, 3.63) is 12.2 Å². The predicted molar refractivity (Wildman–Crippen MR) is 58.6 cm³/mol. The average Bonchev–Trinajstić information content (AvgIpc) is 2.57. The van der Waals surface area contributed by atoms with Gasteiger partial charge < -0.3 is 9.47 Å². The van der Waals surface area contributed by atoms with Crippen molar-refractivity contribution in [2.45, 2.75) is 25.7 Å². The van der Waals surface area contributed by atoms with Crippen molar-refractivity contribution in [2.24, 2.45) is 11.8 Å². The molecule has 0 amide bonds. The Hall–Kier alpha value is -1.32. The maximum atomic E-state index is 11.6. The van der Waals surface area contributed by atoms with Crippen molar-refractivity contribution in [1.82, 2.24) is 0 Å². The molecule has 16 heavy (non-hydrogen) atoms. The first-order valence-corrected chi connectivity index (χ1v) is 5.53. The smallest absolute Gasteiger partial charge is 0.320 e. The van der Waals surface area contributed by atoms with E-state index in [1.165, 1.54) is 14.2 Å². The summed E-state index contributed by atoms with van der Waals surface area (Å²) in [7, 11) is 2.58. The number of methoxy groups -OCH3 is 2. The van der Waals surface area contributed by atoms with Crippen LogP contribution in [0.25, 0.3) is 0 Å². The lowest BCUT2D eigenvalue weighted by Gasteiger charge is -2.19. The average molecular weight is 226 g/mol. The van der Waals surface area contributed by atoms with Gasteiger partial charge in [-0.15, -0.1) is 0 Å². The van der Waals surface area contributed by atoms with Crippen molar-refractivity contribution < 1.29 is 19.1 Å². The molecule has 0 saturated carbocycles. The number of esters is 2. The fourth-order valence-corrected chi connectivity index (χ4v) is 1.99. The normalized spacial score (nSPS) is 20.3. The lowest BCUT2D eigenvalue weighted by atomic mass is 9.88. The van der Waals surface area contributed by atoms with Gasteiger partial charge in [0.05, 0.1) is 14.2 Å². The van der Waals surface area contributed by atoms with E-state index in [-0.39, 0.29) is 5.92 Å². The van der Waals surface area contributed by atoms with E-state index < -0.39 is 17.9 Å². The first-order chi connectivity index (χ1) is 7.70. The summed E-state index contributed by atoms with van der Waals surface area (Å²) >= 11 is 0. The Morgan fingerprint density at radius 1 is 1.19 bits per heavy atom. The Labute approximate surface area is 95.6 Å². The van der Waals surface area contributed by atoms with Crippen LogP contribution >= 0.6 is 0 Å². The molecule has 0 radical (unpaired) electrons. The summed E-state index contributed by atoms with van der Waals surface area (Å²) in [6, 6.07) is 0. The molecule has 0 spiro atoms.